The number of furan rings is 1. The van der Waals surface area contributed by atoms with Gasteiger partial charge in [0.05, 0.1) is 10.7 Å². The van der Waals surface area contributed by atoms with E-state index >= 15 is 0 Å². The third-order valence-electron chi connectivity index (χ3n) is 2.73. The van der Waals surface area contributed by atoms with Gasteiger partial charge in [0.1, 0.15) is 6.10 Å². The zero-order chi connectivity index (χ0) is 12.3. The van der Waals surface area contributed by atoms with E-state index in [1.165, 1.54) is 5.56 Å². The van der Waals surface area contributed by atoms with E-state index in [4.69, 9.17) is 4.42 Å². The van der Waals surface area contributed by atoms with E-state index in [9.17, 15) is 5.11 Å². The fourth-order valence-corrected chi connectivity index (χ4v) is 2.23. The predicted octanol–water partition coefficient (Wildman–Crippen LogP) is 4.08. The lowest BCUT2D eigenvalue weighted by molar-refractivity contribution is 0.188. The van der Waals surface area contributed by atoms with Gasteiger partial charge in [0, 0.05) is 0 Å². The third-order valence-corrected chi connectivity index (χ3v) is 3.38. The molecule has 0 amide bonds. The molecule has 2 aromatic rings. The Morgan fingerprint density at radius 3 is 2.47 bits per heavy atom. The quantitative estimate of drug-likeness (QED) is 0.922. The number of rotatable bonds is 4. The number of halogens is 1. The van der Waals surface area contributed by atoms with Crippen LogP contribution in [0.5, 0.6) is 0 Å². The number of aliphatic hydroxyl groups is 1. The van der Waals surface area contributed by atoms with Gasteiger partial charge in [-0.25, -0.2) is 0 Å². The van der Waals surface area contributed by atoms with Crippen LogP contribution >= 0.6 is 15.9 Å². The van der Waals surface area contributed by atoms with E-state index in [1.54, 1.807) is 12.3 Å². The third kappa shape index (κ3) is 2.79. The smallest absolute Gasteiger partial charge is 0.150 e. The van der Waals surface area contributed by atoms with E-state index in [1.807, 2.05) is 12.1 Å². The highest BCUT2D eigenvalue weighted by Gasteiger charge is 2.16. The molecule has 90 valence electrons. The Labute approximate surface area is 109 Å². The number of hydrogen-bond donors (Lipinski definition) is 1. The lowest BCUT2D eigenvalue weighted by Gasteiger charge is -2.09. The van der Waals surface area contributed by atoms with Crippen molar-refractivity contribution >= 4 is 15.9 Å². The van der Waals surface area contributed by atoms with Gasteiger partial charge in [0.25, 0.3) is 0 Å². The summed E-state index contributed by atoms with van der Waals surface area (Å²) in [4.78, 5) is 0. The summed E-state index contributed by atoms with van der Waals surface area (Å²) >= 11 is 3.35. The first kappa shape index (κ1) is 12.4. The van der Waals surface area contributed by atoms with Crippen molar-refractivity contribution in [2.24, 2.45) is 0 Å². The van der Waals surface area contributed by atoms with Gasteiger partial charge in [-0.2, -0.15) is 0 Å². The van der Waals surface area contributed by atoms with Crippen LogP contribution in [0, 0.1) is 0 Å². The van der Waals surface area contributed by atoms with Crippen LogP contribution in [0.2, 0.25) is 0 Å². The Bertz CT molecular complexity index is 473. The first-order valence-electron chi connectivity index (χ1n) is 5.72. The molecule has 0 saturated heterocycles. The minimum atomic E-state index is -0.713. The van der Waals surface area contributed by atoms with Crippen LogP contribution in [-0.2, 0) is 6.42 Å². The van der Waals surface area contributed by atoms with Crippen LogP contribution in [0.4, 0.5) is 0 Å². The van der Waals surface area contributed by atoms with Gasteiger partial charge in [0.2, 0.25) is 0 Å². The van der Waals surface area contributed by atoms with Crippen LogP contribution in [0.1, 0.15) is 36.3 Å². The van der Waals surface area contributed by atoms with Crippen LogP contribution in [0.25, 0.3) is 0 Å². The van der Waals surface area contributed by atoms with E-state index in [0.29, 0.717) is 5.76 Å². The average Bonchev–Trinajstić information content (AvgIpc) is 2.76. The van der Waals surface area contributed by atoms with Crippen molar-refractivity contribution in [3.63, 3.8) is 0 Å². The van der Waals surface area contributed by atoms with E-state index in [0.717, 1.165) is 22.9 Å². The maximum absolute atomic E-state index is 10.2. The van der Waals surface area contributed by atoms with Crippen molar-refractivity contribution < 1.29 is 9.52 Å². The molecular weight excluding hydrogens is 280 g/mol. The fourth-order valence-electron chi connectivity index (χ4n) is 1.81. The topological polar surface area (TPSA) is 33.4 Å². The highest BCUT2D eigenvalue weighted by molar-refractivity contribution is 9.10. The summed E-state index contributed by atoms with van der Waals surface area (Å²) in [6, 6.07) is 9.79. The van der Waals surface area contributed by atoms with Crippen LogP contribution in [0.15, 0.2) is 45.5 Å². The Morgan fingerprint density at radius 2 is 1.94 bits per heavy atom. The lowest BCUT2D eigenvalue weighted by atomic mass is 10.0. The molecule has 1 aromatic heterocycles. The number of benzene rings is 1. The largest absolute Gasteiger partial charge is 0.465 e. The zero-order valence-corrected chi connectivity index (χ0v) is 11.3. The second-order valence-electron chi connectivity index (χ2n) is 4.03. The minimum Gasteiger partial charge on any atom is -0.465 e. The lowest BCUT2D eigenvalue weighted by Crippen LogP contribution is -1.99. The average molecular weight is 295 g/mol. The van der Waals surface area contributed by atoms with Crippen LogP contribution < -0.4 is 0 Å². The molecule has 0 fully saturated rings. The summed E-state index contributed by atoms with van der Waals surface area (Å²) < 4.78 is 6.06. The van der Waals surface area contributed by atoms with Gasteiger partial charge in [-0.15, -0.1) is 0 Å². The Hall–Kier alpha value is -1.06. The van der Waals surface area contributed by atoms with Crippen molar-refractivity contribution in [3.8, 4) is 0 Å². The highest BCUT2D eigenvalue weighted by atomic mass is 79.9. The molecule has 2 rings (SSSR count). The summed E-state index contributed by atoms with van der Waals surface area (Å²) in [5, 5.41) is 10.2. The fraction of sp³-hybridized carbons (Fsp3) is 0.286. The maximum atomic E-state index is 10.2. The van der Waals surface area contributed by atoms with Gasteiger partial charge in [0.15, 0.2) is 5.76 Å². The number of aryl methyl sites for hydroxylation is 1. The second kappa shape index (κ2) is 5.52. The molecule has 1 N–H and O–H groups in total. The first-order valence-corrected chi connectivity index (χ1v) is 6.51. The molecule has 17 heavy (non-hydrogen) atoms. The van der Waals surface area contributed by atoms with Crippen molar-refractivity contribution in [2.75, 3.05) is 0 Å². The molecule has 2 nitrogen and oxygen atoms in total. The molecule has 0 bridgehead atoms. The van der Waals surface area contributed by atoms with Crippen LogP contribution in [-0.4, -0.2) is 5.11 Å². The second-order valence-corrected chi connectivity index (χ2v) is 4.88. The van der Waals surface area contributed by atoms with Gasteiger partial charge in [-0.05, 0) is 39.5 Å². The first-order chi connectivity index (χ1) is 8.22. The van der Waals surface area contributed by atoms with Gasteiger partial charge < -0.3 is 9.52 Å². The summed E-state index contributed by atoms with van der Waals surface area (Å²) in [5.74, 6) is 0.549. The molecule has 3 heteroatoms. The van der Waals surface area contributed by atoms with E-state index < -0.39 is 6.10 Å². The van der Waals surface area contributed by atoms with E-state index in [-0.39, 0.29) is 0 Å². The van der Waals surface area contributed by atoms with Crippen molar-refractivity contribution in [1.29, 1.82) is 0 Å². The Kier molecular flexibility index (Phi) is 4.02. The minimum absolute atomic E-state index is 0.549. The molecule has 0 aliphatic carbocycles. The summed E-state index contributed by atoms with van der Waals surface area (Å²) in [7, 11) is 0. The standard InChI is InChI=1S/C14H15BrO2/c1-2-3-10-4-6-11(7-5-10)13(16)14-12(15)8-9-17-14/h4-9,13,16H,2-3H2,1H3. The molecule has 0 aliphatic rings. The molecule has 1 atom stereocenters. The molecule has 0 radical (unpaired) electrons. The molecular formula is C14H15BrO2. The molecule has 0 saturated carbocycles. The van der Waals surface area contributed by atoms with E-state index in [2.05, 4.69) is 35.0 Å². The molecule has 1 aromatic carbocycles. The normalized spacial score (nSPS) is 12.6. The molecule has 1 unspecified atom stereocenters. The van der Waals surface area contributed by atoms with Gasteiger partial charge in [-0.3, -0.25) is 0 Å². The maximum Gasteiger partial charge on any atom is 0.150 e. The Morgan fingerprint density at radius 1 is 1.24 bits per heavy atom. The zero-order valence-electron chi connectivity index (χ0n) is 9.69. The highest BCUT2D eigenvalue weighted by Crippen LogP contribution is 2.29. The molecule has 0 aliphatic heterocycles. The summed E-state index contributed by atoms with van der Waals surface area (Å²) in [6.07, 6.45) is 3.05. The Balaban J connectivity index is 2.20. The summed E-state index contributed by atoms with van der Waals surface area (Å²) in [6.45, 7) is 2.16. The van der Waals surface area contributed by atoms with Crippen molar-refractivity contribution in [3.05, 3.63) is 58.0 Å². The number of aliphatic hydroxyl groups excluding tert-OH is 1. The van der Waals surface area contributed by atoms with Gasteiger partial charge in [-0.1, -0.05) is 37.6 Å². The number of hydrogen-bond acceptors (Lipinski definition) is 2. The summed E-state index contributed by atoms with van der Waals surface area (Å²) in [5.41, 5.74) is 2.14. The molecule has 1 heterocycles. The van der Waals surface area contributed by atoms with Gasteiger partial charge >= 0.3 is 0 Å². The van der Waals surface area contributed by atoms with Crippen molar-refractivity contribution in [1.82, 2.24) is 0 Å². The monoisotopic (exact) mass is 294 g/mol. The van der Waals surface area contributed by atoms with Crippen molar-refractivity contribution in [2.45, 2.75) is 25.9 Å². The SMILES string of the molecule is CCCc1ccc(C(O)c2occc2Br)cc1. The molecule has 0 spiro atoms. The van der Waals surface area contributed by atoms with Crippen LogP contribution in [0.3, 0.4) is 0 Å². The predicted molar refractivity (Wildman–Crippen MR) is 70.9 cm³/mol.